The smallest absolute Gasteiger partial charge is 0.193 e. The molecule has 1 fully saturated rings. The molecule has 0 saturated carbocycles. The molecule has 2 heterocycles. The number of ether oxygens (including phenoxy) is 1. The van der Waals surface area contributed by atoms with Crippen LogP contribution < -0.4 is 10.1 Å². The topological polar surface area (TPSA) is 54.7 Å². The summed E-state index contributed by atoms with van der Waals surface area (Å²) in [5.41, 5.74) is 3.73. The molecule has 1 saturated heterocycles. The zero-order chi connectivity index (χ0) is 19.2. The number of guanidine groups is 1. The maximum atomic E-state index is 5.62. The van der Waals surface area contributed by atoms with Gasteiger partial charge in [0.15, 0.2) is 5.96 Å². The Bertz CT molecular complexity index is 783. The lowest BCUT2D eigenvalue weighted by atomic mass is 10.0. The first-order valence-corrected chi connectivity index (χ1v) is 9.74. The molecule has 0 spiro atoms. The van der Waals surface area contributed by atoms with E-state index >= 15 is 0 Å². The summed E-state index contributed by atoms with van der Waals surface area (Å²) in [5.74, 6) is 2.60. The minimum absolute atomic E-state index is 0.653. The van der Waals surface area contributed by atoms with Gasteiger partial charge < -0.3 is 15.0 Å². The molecular weight excluding hydrogens is 338 g/mol. The van der Waals surface area contributed by atoms with Gasteiger partial charge in [-0.1, -0.05) is 12.1 Å². The van der Waals surface area contributed by atoms with E-state index in [1.165, 1.54) is 23.1 Å². The van der Waals surface area contributed by atoms with Crippen LogP contribution in [0.15, 0.2) is 35.6 Å². The third-order valence-electron chi connectivity index (χ3n) is 5.07. The largest absolute Gasteiger partial charge is 0.494 e. The number of nitrogens with zero attached hydrogens (tertiary/aromatic N) is 4. The zero-order valence-corrected chi connectivity index (χ0v) is 16.9. The molecular formula is C21H31N5O. The average Bonchev–Trinajstić information content (AvgIpc) is 3.27. The van der Waals surface area contributed by atoms with E-state index in [-0.39, 0.29) is 0 Å². The molecule has 0 bridgehead atoms. The van der Waals surface area contributed by atoms with Crippen molar-refractivity contribution < 1.29 is 4.74 Å². The van der Waals surface area contributed by atoms with Crippen molar-refractivity contribution in [1.82, 2.24) is 20.0 Å². The quantitative estimate of drug-likeness (QED) is 0.628. The molecule has 6 heteroatoms. The molecule has 0 radical (unpaired) electrons. The van der Waals surface area contributed by atoms with Crippen molar-refractivity contribution in [3.63, 3.8) is 0 Å². The number of aryl methyl sites for hydroxylation is 2. The molecule has 6 nitrogen and oxygen atoms in total. The molecule has 1 N–H and O–H groups in total. The highest BCUT2D eigenvalue weighted by atomic mass is 16.5. The Balaban J connectivity index is 1.53. The van der Waals surface area contributed by atoms with Gasteiger partial charge in [0.2, 0.25) is 0 Å². The highest BCUT2D eigenvalue weighted by Crippen LogP contribution is 2.21. The van der Waals surface area contributed by atoms with Crippen LogP contribution in [0.5, 0.6) is 5.75 Å². The summed E-state index contributed by atoms with van der Waals surface area (Å²) >= 11 is 0. The average molecular weight is 370 g/mol. The molecule has 27 heavy (non-hydrogen) atoms. The zero-order valence-electron chi connectivity index (χ0n) is 16.9. The fourth-order valence-corrected chi connectivity index (χ4v) is 3.75. The maximum absolute atomic E-state index is 5.62. The van der Waals surface area contributed by atoms with Gasteiger partial charge in [-0.05, 0) is 55.4 Å². The molecule has 0 amide bonds. The minimum atomic E-state index is 0.653. The van der Waals surface area contributed by atoms with Gasteiger partial charge in [0.25, 0.3) is 0 Å². The first kappa shape index (κ1) is 19.3. The van der Waals surface area contributed by atoms with E-state index < -0.39 is 0 Å². The Kier molecular flexibility index (Phi) is 6.37. The van der Waals surface area contributed by atoms with Crippen molar-refractivity contribution in [2.24, 2.45) is 18.0 Å². The van der Waals surface area contributed by atoms with Crippen LogP contribution in [0, 0.1) is 12.8 Å². The van der Waals surface area contributed by atoms with Gasteiger partial charge in [0.1, 0.15) is 5.75 Å². The number of nitrogens with one attached hydrogen (secondary N) is 1. The van der Waals surface area contributed by atoms with E-state index in [1.54, 1.807) is 0 Å². The molecule has 0 aliphatic carbocycles. The van der Waals surface area contributed by atoms with Crippen LogP contribution in [-0.4, -0.2) is 47.4 Å². The number of aromatic nitrogens is 2. The summed E-state index contributed by atoms with van der Waals surface area (Å²) in [5, 5.41) is 7.79. The predicted octanol–water partition coefficient (Wildman–Crippen LogP) is 2.77. The summed E-state index contributed by atoms with van der Waals surface area (Å²) in [6, 6.07) is 6.35. The number of hydrogen-bond acceptors (Lipinski definition) is 3. The van der Waals surface area contributed by atoms with Crippen molar-refractivity contribution in [3.8, 4) is 5.75 Å². The summed E-state index contributed by atoms with van der Waals surface area (Å²) in [6.07, 6.45) is 6.37. The van der Waals surface area contributed by atoms with Crippen LogP contribution in [0.3, 0.4) is 0 Å². The summed E-state index contributed by atoms with van der Waals surface area (Å²) in [4.78, 5) is 6.85. The Morgan fingerprint density at radius 1 is 1.37 bits per heavy atom. The van der Waals surface area contributed by atoms with Crippen molar-refractivity contribution >= 4 is 5.96 Å². The van der Waals surface area contributed by atoms with Crippen molar-refractivity contribution in [2.45, 2.75) is 33.2 Å². The normalized spacial score (nSPS) is 17.4. The van der Waals surface area contributed by atoms with Gasteiger partial charge in [-0.25, -0.2) is 0 Å². The van der Waals surface area contributed by atoms with Crippen LogP contribution in [0.1, 0.15) is 30.0 Å². The maximum Gasteiger partial charge on any atom is 0.193 e. The van der Waals surface area contributed by atoms with Gasteiger partial charge in [-0.3, -0.25) is 9.67 Å². The SMILES string of the molecule is CCOc1ccc(CNC(=NC)N2CCC(Cc3cnn(C)c3)C2)cc1C. The Labute approximate surface area is 162 Å². The van der Waals surface area contributed by atoms with Crippen LogP contribution in [0.25, 0.3) is 0 Å². The van der Waals surface area contributed by atoms with Crippen molar-refractivity contribution in [2.75, 3.05) is 26.7 Å². The van der Waals surface area contributed by atoms with Crippen LogP contribution >= 0.6 is 0 Å². The molecule has 1 aromatic carbocycles. The third-order valence-corrected chi connectivity index (χ3v) is 5.07. The molecule has 1 aliphatic heterocycles. The van der Waals surface area contributed by atoms with E-state index in [0.29, 0.717) is 12.5 Å². The summed E-state index contributed by atoms with van der Waals surface area (Å²) in [7, 11) is 3.83. The van der Waals surface area contributed by atoms with Crippen LogP contribution in [0.4, 0.5) is 0 Å². The lowest BCUT2D eigenvalue weighted by molar-refractivity contribution is 0.338. The second kappa shape index (κ2) is 8.93. The highest BCUT2D eigenvalue weighted by molar-refractivity contribution is 5.80. The molecule has 2 aromatic rings. The molecule has 3 rings (SSSR count). The monoisotopic (exact) mass is 369 g/mol. The Morgan fingerprint density at radius 3 is 2.89 bits per heavy atom. The molecule has 1 unspecified atom stereocenters. The standard InChI is InChI=1S/C21H31N5O/c1-5-27-20-7-6-17(10-16(20)2)12-23-21(22-3)26-9-8-18(15-26)11-19-13-24-25(4)14-19/h6-7,10,13-14,18H,5,8-9,11-12,15H2,1-4H3,(H,22,23). The lowest BCUT2D eigenvalue weighted by Gasteiger charge is -2.22. The third kappa shape index (κ3) is 5.02. The first-order chi connectivity index (χ1) is 13.1. The number of rotatable bonds is 6. The van der Waals surface area contributed by atoms with E-state index in [2.05, 4.69) is 51.6 Å². The number of benzene rings is 1. The van der Waals surface area contributed by atoms with E-state index in [1.807, 2.05) is 31.9 Å². The van der Waals surface area contributed by atoms with Gasteiger partial charge in [0, 0.05) is 39.9 Å². The van der Waals surface area contributed by atoms with Crippen molar-refractivity contribution in [1.29, 1.82) is 0 Å². The highest BCUT2D eigenvalue weighted by Gasteiger charge is 2.25. The fourth-order valence-electron chi connectivity index (χ4n) is 3.75. The van der Waals surface area contributed by atoms with Crippen LogP contribution in [0.2, 0.25) is 0 Å². The van der Waals surface area contributed by atoms with E-state index in [0.717, 1.165) is 37.8 Å². The Morgan fingerprint density at radius 2 is 2.22 bits per heavy atom. The van der Waals surface area contributed by atoms with Gasteiger partial charge >= 0.3 is 0 Å². The van der Waals surface area contributed by atoms with E-state index in [9.17, 15) is 0 Å². The number of hydrogen-bond donors (Lipinski definition) is 1. The second-order valence-corrected chi connectivity index (χ2v) is 7.26. The fraction of sp³-hybridized carbons (Fsp3) is 0.524. The lowest BCUT2D eigenvalue weighted by Crippen LogP contribution is -2.39. The van der Waals surface area contributed by atoms with Crippen molar-refractivity contribution in [3.05, 3.63) is 47.3 Å². The van der Waals surface area contributed by atoms with Gasteiger partial charge in [-0.15, -0.1) is 0 Å². The van der Waals surface area contributed by atoms with Gasteiger partial charge in [-0.2, -0.15) is 5.10 Å². The summed E-state index contributed by atoms with van der Waals surface area (Å²) < 4.78 is 7.50. The Hall–Kier alpha value is -2.50. The number of aliphatic imine (C=N–C) groups is 1. The molecule has 1 aliphatic rings. The number of likely N-dealkylation sites (tertiary alicyclic amines) is 1. The van der Waals surface area contributed by atoms with Crippen LogP contribution in [-0.2, 0) is 20.0 Å². The predicted molar refractivity (Wildman–Crippen MR) is 109 cm³/mol. The van der Waals surface area contributed by atoms with Gasteiger partial charge in [0.05, 0.1) is 12.8 Å². The minimum Gasteiger partial charge on any atom is -0.494 e. The molecule has 1 atom stereocenters. The summed E-state index contributed by atoms with van der Waals surface area (Å²) in [6.45, 7) is 7.65. The molecule has 1 aromatic heterocycles. The second-order valence-electron chi connectivity index (χ2n) is 7.26. The van der Waals surface area contributed by atoms with E-state index in [4.69, 9.17) is 4.74 Å². The molecule has 146 valence electrons. The first-order valence-electron chi connectivity index (χ1n) is 9.74.